The number of carboxylic acid groups (broad SMARTS) is 1. The first-order valence-corrected chi connectivity index (χ1v) is 9.05. The highest BCUT2D eigenvalue weighted by Crippen LogP contribution is 2.23. The predicted molar refractivity (Wildman–Crippen MR) is 92.5 cm³/mol. The quantitative estimate of drug-likeness (QED) is 0.772. The number of hydrogen-bond donors (Lipinski definition) is 1. The minimum Gasteiger partial charge on any atom is -0.480 e. The molecule has 0 radical (unpaired) electrons. The van der Waals surface area contributed by atoms with Crippen LogP contribution in [-0.4, -0.2) is 58.4 Å². The molecule has 1 saturated heterocycles. The van der Waals surface area contributed by atoms with E-state index in [-0.39, 0.29) is 30.3 Å². The maximum Gasteiger partial charge on any atom is 0.323 e. The van der Waals surface area contributed by atoms with Crippen molar-refractivity contribution in [1.29, 1.82) is 0 Å². The fraction of sp³-hybridized carbons (Fsp3) is 0.833. The second kappa shape index (κ2) is 9.64. The third-order valence-electron chi connectivity index (χ3n) is 4.88. The van der Waals surface area contributed by atoms with Crippen LogP contribution in [0.25, 0.3) is 0 Å². The van der Waals surface area contributed by atoms with E-state index in [2.05, 4.69) is 20.8 Å². The molecular formula is C18H32N2O4. The summed E-state index contributed by atoms with van der Waals surface area (Å²) in [5.74, 6) is -0.634. The minimum atomic E-state index is -0.995. The number of aliphatic carboxylic acids is 1. The molecule has 0 aromatic heterocycles. The fourth-order valence-corrected chi connectivity index (χ4v) is 3.54. The summed E-state index contributed by atoms with van der Waals surface area (Å²) in [7, 11) is 0. The lowest BCUT2D eigenvalue weighted by Gasteiger charge is -2.30. The van der Waals surface area contributed by atoms with Crippen LogP contribution in [0.4, 0.5) is 0 Å². The van der Waals surface area contributed by atoms with Gasteiger partial charge in [0, 0.05) is 32.0 Å². The first-order valence-electron chi connectivity index (χ1n) is 9.05. The summed E-state index contributed by atoms with van der Waals surface area (Å²) in [4.78, 5) is 38.9. The fourth-order valence-electron chi connectivity index (χ4n) is 3.54. The lowest BCUT2D eigenvalue weighted by molar-refractivity contribution is -0.145. The summed E-state index contributed by atoms with van der Waals surface area (Å²) < 4.78 is 0. The number of amides is 2. The van der Waals surface area contributed by atoms with Crippen molar-refractivity contribution in [3.8, 4) is 0 Å². The van der Waals surface area contributed by atoms with Crippen LogP contribution in [0.2, 0.25) is 0 Å². The average molecular weight is 340 g/mol. The van der Waals surface area contributed by atoms with Gasteiger partial charge in [0.05, 0.1) is 0 Å². The molecule has 1 aliphatic rings. The second-order valence-electron chi connectivity index (χ2n) is 7.09. The SMILES string of the molecule is CCCC(C(=O)N1CCCC(N(CC(=O)O)C(C)=O)CC1)C(C)C. The van der Waals surface area contributed by atoms with Crippen LogP contribution in [-0.2, 0) is 14.4 Å². The Morgan fingerprint density at radius 2 is 1.88 bits per heavy atom. The minimum absolute atomic E-state index is 0.0504. The Balaban J connectivity index is 2.74. The molecule has 0 aromatic rings. The zero-order valence-corrected chi connectivity index (χ0v) is 15.5. The highest BCUT2D eigenvalue weighted by Gasteiger charge is 2.30. The van der Waals surface area contributed by atoms with Crippen molar-refractivity contribution < 1.29 is 19.5 Å². The molecule has 0 saturated carbocycles. The van der Waals surface area contributed by atoms with E-state index in [0.29, 0.717) is 25.4 Å². The molecule has 1 N–H and O–H groups in total. The van der Waals surface area contributed by atoms with Crippen LogP contribution in [0.5, 0.6) is 0 Å². The van der Waals surface area contributed by atoms with E-state index in [9.17, 15) is 14.4 Å². The molecule has 2 unspecified atom stereocenters. The Morgan fingerprint density at radius 3 is 2.38 bits per heavy atom. The van der Waals surface area contributed by atoms with Gasteiger partial charge in [0.25, 0.3) is 0 Å². The van der Waals surface area contributed by atoms with E-state index >= 15 is 0 Å². The van der Waals surface area contributed by atoms with Gasteiger partial charge in [-0.3, -0.25) is 14.4 Å². The smallest absolute Gasteiger partial charge is 0.323 e. The molecule has 0 aromatic carbocycles. The maximum atomic E-state index is 12.8. The summed E-state index contributed by atoms with van der Waals surface area (Å²) >= 11 is 0. The van der Waals surface area contributed by atoms with E-state index in [4.69, 9.17) is 5.11 Å². The van der Waals surface area contributed by atoms with Crippen molar-refractivity contribution >= 4 is 17.8 Å². The van der Waals surface area contributed by atoms with E-state index in [1.807, 2.05) is 4.90 Å². The summed E-state index contributed by atoms with van der Waals surface area (Å²) in [5, 5.41) is 9.01. The number of likely N-dealkylation sites (tertiary alicyclic amines) is 1. The summed E-state index contributed by atoms with van der Waals surface area (Å²) in [5.41, 5.74) is 0. The van der Waals surface area contributed by atoms with Gasteiger partial charge in [0.1, 0.15) is 6.54 Å². The topological polar surface area (TPSA) is 77.9 Å². The number of carbonyl (C=O) groups is 3. The van der Waals surface area contributed by atoms with Crippen LogP contribution in [0.3, 0.4) is 0 Å². The molecule has 2 atom stereocenters. The van der Waals surface area contributed by atoms with E-state index < -0.39 is 5.97 Å². The monoisotopic (exact) mass is 340 g/mol. The number of rotatable bonds is 7. The molecule has 0 spiro atoms. The lowest BCUT2D eigenvalue weighted by Crippen LogP contribution is -2.43. The highest BCUT2D eigenvalue weighted by molar-refractivity contribution is 5.80. The Kier molecular flexibility index (Phi) is 8.22. The molecule has 24 heavy (non-hydrogen) atoms. The van der Waals surface area contributed by atoms with Crippen LogP contribution in [0.1, 0.15) is 59.8 Å². The Labute approximate surface area is 145 Å². The normalized spacial score (nSPS) is 19.7. The van der Waals surface area contributed by atoms with E-state index in [1.54, 1.807) is 0 Å². The molecule has 1 rings (SSSR count). The van der Waals surface area contributed by atoms with Gasteiger partial charge < -0.3 is 14.9 Å². The Bertz CT molecular complexity index is 450. The molecule has 1 heterocycles. The van der Waals surface area contributed by atoms with Crippen molar-refractivity contribution in [2.45, 2.75) is 65.8 Å². The number of nitrogens with zero attached hydrogens (tertiary/aromatic N) is 2. The predicted octanol–water partition coefficient (Wildman–Crippen LogP) is 2.37. The summed E-state index contributed by atoms with van der Waals surface area (Å²) in [6.45, 7) is 8.70. The number of carbonyl (C=O) groups excluding carboxylic acids is 2. The summed E-state index contributed by atoms with van der Waals surface area (Å²) in [6, 6.07) is -0.0972. The van der Waals surface area contributed by atoms with Gasteiger partial charge in [-0.1, -0.05) is 27.2 Å². The zero-order valence-electron chi connectivity index (χ0n) is 15.5. The molecule has 6 nitrogen and oxygen atoms in total. The number of hydrogen-bond acceptors (Lipinski definition) is 3. The first kappa shape index (κ1) is 20.5. The van der Waals surface area contributed by atoms with Crippen molar-refractivity contribution in [2.24, 2.45) is 11.8 Å². The van der Waals surface area contributed by atoms with Crippen molar-refractivity contribution in [3.05, 3.63) is 0 Å². The second-order valence-corrected chi connectivity index (χ2v) is 7.09. The van der Waals surface area contributed by atoms with Gasteiger partial charge in [-0.25, -0.2) is 0 Å². The van der Waals surface area contributed by atoms with Gasteiger partial charge in [-0.15, -0.1) is 0 Å². The molecule has 1 fully saturated rings. The van der Waals surface area contributed by atoms with E-state index in [1.165, 1.54) is 11.8 Å². The molecule has 138 valence electrons. The maximum absolute atomic E-state index is 12.8. The zero-order chi connectivity index (χ0) is 18.3. The molecule has 6 heteroatoms. The van der Waals surface area contributed by atoms with Crippen LogP contribution < -0.4 is 0 Å². The van der Waals surface area contributed by atoms with Crippen molar-refractivity contribution in [1.82, 2.24) is 9.80 Å². The number of carboxylic acids is 1. The third-order valence-corrected chi connectivity index (χ3v) is 4.88. The van der Waals surface area contributed by atoms with Crippen LogP contribution in [0.15, 0.2) is 0 Å². The van der Waals surface area contributed by atoms with E-state index in [0.717, 1.165) is 25.7 Å². The average Bonchev–Trinajstić information content (AvgIpc) is 2.74. The highest BCUT2D eigenvalue weighted by atomic mass is 16.4. The standard InChI is InChI=1S/C18H32N2O4/c1-5-7-16(13(2)3)18(24)19-10-6-8-15(9-11-19)20(14(4)21)12-17(22)23/h13,15-16H,5-12H2,1-4H3,(H,22,23). The van der Waals surface area contributed by atoms with Crippen LogP contribution >= 0.6 is 0 Å². The van der Waals surface area contributed by atoms with Gasteiger partial charge in [-0.2, -0.15) is 0 Å². The van der Waals surface area contributed by atoms with Crippen molar-refractivity contribution in [2.75, 3.05) is 19.6 Å². The molecule has 0 bridgehead atoms. The summed E-state index contributed by atoms with van der Waals surface area (Å²) in [6.07, 6.45) is 4.08. The lowest BCUT2D eigenvalue weighted by atomic mass is 9.90. The Morgan fingerprint density at radius 1 is 1.21 bits per heavy atom. The van der Waals surface area contributed by atoms with Gasteiger partial charge >= 0.3 is 5.97 Å². The van der Waals surface area contributed by atoms with Crippen molar-refractivity contribution in [3.63, 3.8) is 0 Å². The van der Waals surface area contributed by atoms with Gasteiger partial charge in [-0.05, 0) is 31.6 Å². The molecular weight excluding hydrogens is 308 g/mol. The molecule has 2 amide bonds. The molecule has 0 aliphatic carbocycles. The Hall–Kier alpha value is -1.59. The largest absolute Gasteiger partial charge is 0.480 e. The van der Waals surface area contributed by atoms with Gasteiger partial charge in [0.2, 0.25) is 11.8 Å². The third kappa shape index (κ3) is 5.80. The first-order chi connectivity index (χ1) is 11.3. The molecule has 1 aliphatic heterocycles. The van der Waals surface area contributed by atoms with Crippen LogP contribution in [0, 0.1) is 11.8 Å². The van der Waals surface area contributed by atoms with Gasteiger partial charge in [0.15, 0.2) is 0 Å².